The number of piperazine rings is 1. The molecule has 0 bridgehead atoms. The largest absolute Gasteiger partial charge is 0.369 e. The Hall–Kier alpha value is -4.77. The number of fused-ring (bicyclic) bond motifs is 1. The van der Waals surface area contributed by atoms with E-state index in [4.69, 9.17) is 0 Å². The van der Waals surface area contributed by atoms with Crippen LogP contribution in [0.4, 0.5) is 25.8 Å². The van der Waals surface area contributed by atoms with Gasteiger partial charge in [0, 0.05) is 73.6 Å². The molecule has 3 aliphatic heterocycles. The number of nitrogens with one attached hydrogen (secondary N) is 3. The second-order valence-electron chi connectivity index (χ2n) is 13.2. The molecule has 0 unspecified atom stereocenters. The standard InChI is InChI=1S/C37H38F2N6O4S/c1-43-18-20-44(21-19-43)29-13-11-28(12-14-29)41-35(25-6-3-2-4-7-25)34-30-23-32(50(48,49)45-17-16-37(38,39)24-45)26(22-31(30)42-36(34)47)10-15-33(46)40-27-8-5-9-27/h2-4,6-7,11-14,22-23,27,41H,5,8-9,16-21,24H2,1H3,(H,40,46)(H,42,47)/b35-34-. The van der Waals surface area contributed by atoms with Crippen molar-refractivity contribution in [3.63, 3.8) is 0 Å². The molecule has 2 amide bonds. The summed E-state index contributed by atoms with van der Waals surface area (Å²) in [6.45, 7) is 2.43. The summed E-state index contributed by atoms with van der Waals surface area (Å²) in [5.74, 6) is 0.913. The van der Waals surface area contributed by atoms with Crippen LogP contribution >= 0.6 is 0 Å². The summed E-state index contributed by atoms with van der Waals surface area (Å²) < 4.78 is 57.3. The SMILES string of the molecule is CN1CCN(c2ccc(N/C(=C3\C(=O)Nc4cc(C#CC(=O)NC5CCC5)c(S(=O)(=O)N5CCC(F)(F)C5)cc43)c3ccccc3)cc2)CC1. The summed E-state index contributed by atoms with van der Waals surface area (Å²) in [5.41, 5.74) is 3.57. The monoisotopic (exact) mass is 700 g/mol. The van der Waals surface area contributed by atoms with Crippen LogP contribution in [0.5, 0.6) is 0 Å². The second-order valence-corrected chi connectivity index (χ2v) is 15.1. The Bertz CT molecular complexity index is 2010. The van der Waals surface area contributed by atoms with Crippen LogP contribution in [0.15, 0.2) is 71.6 Å². The third-order valence-electron chi connectivity index (χ3n) is 9.69. The number of hydrogen-bond acceptors (Lipinski definition) is 7. The first-order chi connectivity index (χ1) is 24.0. The summed E-state index contributed by atoms with van der Waals surface area (Å²) >= 11 is 0. The molecular weight excluding hydrogens is 663 g/mol. The molecule has 0 radical (unpaired) electrons. The second kappa shape index (κ2) is 13.5. The van der Waals surface area contributed by atoms with Gasteiger partial charge in [-0.1, -0.05) is 36.3 Å². The van der Waals surface area contributed by atoms with Crippen molar-refractivity contribution >= 4 is 50.2 Å². The zero-order valence-corrected chi connectivity index (χ0v) is 28.5. The maximum Gasteiger partial charge on any atom is 0.296 e. The van der Waals surface area contributed by atoms with Gasteiger partial charge in [-0.05, 0) is 68.3 Å². The quantitative estimate of drug-likeness (QED) is 0.247. The summed E-state index contributed by atoms with van der Waals surface area (Å²) in [5, 5.41) is 9.04. The number of hydrogen-bond donors (Lipinski definition) is 3. The smallest absolute Gasteiger partial charge is 0.296 e. The van der Waals surface area contributed by atoms with Gasteiger partial charge >= 0.3 is 0 Å². The third kappa shape index (κ3) is 6.96. The number of alkyl halides is 2. The van der Waals surface area contributed by atoms with Crippen molar-refractivity contribution in [1.29, 1.82) is 0 Å². The third-order valence-corrected chi connectivity index (χ3v) is 11.6. The lowest BCUT2D eigenvalue weighted by molar-refractivity contribution is -0.116. The van der Waals surface area contributed by atoms with Crippen molar-refractivity contribution in [2.24, 2.45) is 0 Å². The van der Waals surface area contributed by atoms with Crippen LogP contribution in [0.25, 0.3) is 11.3 Å². The van der Waals surface area contributed by atoms with E-state index in [1.54, 1.807) is 0 Å². The normalized spacial score (nSPS) is 20.3. The fourth-order valence-electron chi connectivity index (χ4n) is 6.55. The lowest BCUT2D eigenvalue weighted by Gasteiger charge is -2.34. The van der Waals surface area contributed by atoms with Crippen molar-refractivity contribution in [2.45, 2.75) is 42.5 Å². The number of carbonyl (C=O) groups is 2. The predicted molar refractivity (Wildman–Crippen MR) is 189 cm³/mol. The minimum absolute atomic E-state index is 0.0192. The first-order valence-corrected chi connectivity index (χ1v) is 18.2. The van der Waals surface area contributed by atoms with Crippen molar-refractivity contribution < 1.29 is 26.8 Å². The molecule has 1 aliphatic carbocycles. The molecule has 3 heterocycles. The predicted octanol–water partition coefficient (Wildman–Crippen LogP) is 4.42. The number of sulfonamides is 1. The molecule has 2 saturated heterocycles. The summed E-state index contributed by atoms with van der Waals surface area (Å²) in [7, 11) is -2.40. The van der Waals surface area contributed by atoms with Gasteiger partial charge < -0.3 is 25.8 Å². The minimum atomic E-state index is -4.51. The number of anilines is 3. The fourth-order valence-corrected chi connectivity index (χ4v) is 8.17. The number of nitrogens with zero attached hydrogens (tertiary/aromatic N) is 3. The molecule has 1 saturated carbocycles. The van der Waals surface area contributed by atoms with Gasteiger partial charge in [0.25, 0.3) is 17.7 Å². The van der Waals surface area contributed by atoms with Gasteiger partial charge in [-0.3, -0.25) is 9.59 Å². The number of rotatable bonds is 7. The van der Waals surface area contributed by atoms with Crippen LogP contribution in [0.3, 0.4) is 0 Å². The molecule has 260 valence electrons. The molecule has 50 heavy (non-hydrogen) atoms. The Morgan fingerprint density at radius 2 is 1.70 bits per heavy atom. The minimum Gasteiger partial charge on any atom is -0.369 e. The highest BCUT2D eigenvalue weighted by Gasteiger charge is 2.45. The average molecular weight is 701 g/mol. The maximum atomic E-state index is 14.3. The van der Waals surface area contributed by atoms with Gasteiger partial charge in [0.05, 0.1) is 28.4 Å². The topological polar surface area (TPSA) is 114 Å². The zero-order valence-electron chi connectivity index (χ0n) is 27.6. The Morgan fingerprint density at radius 1 is 0.980 bits per heavy atom. The van der Waals surface area contributed by atoms with E-state index < -0.39 is 40.7 Å². The van der Waals surface area contributed by atoms with Crippen LogP contribution in [0, 0.1) is 11.8 Å². The molecule has 0 aromatic heterocycles. The van der Waals surface area contributed by atoms with Crippen molar-refractivity contribution in [3.05, 3.63) is 83.4 Å². The van der Waals surface area contributed by atoms with E-state index in [2.05, 4.69) is 44.6 Å². The highest BCUT2D eigenvalue weighted by molar-refractivity contribution is 7.89. The lowest BCUT2D eigenvalue weighted by atomic mass is 9.93. The highest BCUT2D eigenvalue weighted by Crippen LogP contribution is 2.41. The van der Waals surface area contributed by atoms with Gasteiger partial charge in [-0.2, -0.15) is 4.31 Å². The first kappa shape index (κ1) is 33.7. The van der Waals surface area contributed by atoms with Gasteiger partial charge in [-0.15, -0.1) is 0 Å². The Kier molecular flexibility index (Phi) is 9.11. The number of halogens is 2. The van der Waals surface area contributed by atoms with E-state index in [9.17, 15) is 26.8 Å². The summed E-state index contributed by atoms with van der Waals surface area (Å²) in [4.78, 5) is 30.6. The fraction of sp³-hybridized carbons (Fsp3) is 0.351. The van der Waals surface area contributed by atoms with Crippen molar-refractivity contribution in [1.82, 2.24) is 14.5 Å². The van der Waals surface area contributed by atoms with Crippen molar-refractivity contribution in [3.8, 4) is 11.8 Å². The number of amides is 2. The number of benzene rings is 3. The van der Waals surface area contributed by atoms with Crippen molar-refractivity contribution in [2.75, 3.05) is 61.8 Å². The maximum absolute atomic E-state index is 14.3. The molecule has 0 spiro atoms. The van der Waals surface area contributed by atoms with E-state index in [-0.39, 0.29) is 34.2 Å². The lowest BCUT2D eigenvalue weighted by Crippen LogP contribution is -2.44. The van der Waals surface area contributed by atoms with E-state index in [1.165, 1.54) is 12.1 Å². The molecule has 3 N–H and O–H groups in total. The van der Waals surface area contributed by atoms with E-state index in [1.807, 2.05) is 54.6 Å². The van der Waals surface area contributed by atoms with Crippen LogP contribution < -0.4 is 20.9 Å². The van der Waals surface area contributed by atoms with Crippen LogP contribution in [0.2, 0.25) is 0 Å². The molecule has 3 aromatic rings. The van der Waals surface area contributed by atoms with Crippen LogP contribution in [-0.4, -0.2) is 87.7 Å². The van der Waals surface area contributed by atoms with Crippen LogP contribution in [0.1, 0.15) is 42.4 Å². The van der Waals surface area contributed by atoms with Gasteiger partial charge in [-0.25, -0.2) is 17.2 Å². The molecular formula is C37H38F2N6O4S. The van der Waals surface area contributed by atoms with Gasteiger partial charge in [0.15, 0.2) is 0 Å². The number of carbonyl (C=O) groups excluding carboxylic acids is 2. The zero-order chi connectivity index (χ0) is 35.0. The van der Waals surface area contributed by atoms with Gasteiger partial charge in [0.2, 0.25) is 10.0 Å². The molecule has 10 nitrogen and oxygen atoms in total. The first-order valence-electron chi connectivity index (χ1n) is 16.8. The highest BCUT2D eigenvalue weighted by atomic mass is 32.2. The van der Waals surface area contributed by atoms with E-state index in [0.717, 1.165) is 55.4 Å². The summed E-state index contributed by atoms with van der Waals surface area (Å²) in [6, 6.07) is 19.8. The van der Waals surface area contributed by atoms with Crippen LogP contribution in [-0.2, 0) is 19.6 Å². The summed E-state index contributed by atoms with van der Waals surface area (Å²) in [6.07, 6.45) is 2.08. The Morgan fingerprint density at radius 3 is 2.34 bits per heavy atom. The Balaban J connectivity index is 1.30. The van der Waals surface area contributed by atoms with Gasteiger partial charge in [0.1, 0.15) is 0 Å². The molecule has 3 fully saturated rings. The number of likely N-dealkylation sites (N-methyl/N-ethyl adjacent to an activating group) is 1. The molecule has 0 atom stereocenters. The Labute approximate surface area is 290 Å². The molecule has 7 rings (SSSR count). The van der Waals surface area contributed by atoms with E-state index >= 15 is 0 Å². The van der Waals surface area contributed by atoms with E-state index in [0.29, 0.717) is 22.6 Å². The molecule has 13 heteroatoms. The molecule has 3 aromatic carbocycles. The average Bonchev–Trinajstić information content (AvgIpc) is 3.62. The molecule has 4 aliphatic rings.